The van der Waals surface area contributed by atoms with E-state index in [2.05, 4.69) is 18.8 Å². The van der Waals surface area contributed by atoms with Crippen LogP contribution in [0.15, 0.2) is 11.8 Å². The number of ether oxygens (including phenoxy) is 1. The Balaban J connectivity index is 3.10. The molecule has 96 valence electrons. The molecule has 0 unspecified atom stereocenters. The first-order valence-electron chi connectivity index (χ1n) is 6.15. The van der Waals surface area contributed by atoms with Crippen molar-refractivity contribution < 1.29 is 9.53 Å². The summed E-state index contributed by atoms with van der Waals surface area (Å²) in [6.45, 7) is 6.11. The molecule has 0 saturated carbocycles. The second kappa shape index (κ2) is 6.65. The maximum Gasteiger partial charge on any atom is 0.348 e. The molecule has 0 spiro atoms. The Labute approximate surface area is 107 Å². The first-order chi connectivity index (χ1) is 8.67. The molecule has 0 aliphatic heterocycles. The van der Waals surface area contributed by atoms with Gasteiger partial charge in [-0.1, -0.05) is 13.8 Å². The minimum Gasteiger partial charge on any atom is -0.462 e. The van der Waals surface area contributed by atoms with E-state index in [1.165, 1.54) is 5.56 Å². The van der Waals surface area contributed by atoms with Gasteiger partial charge in [-0.25, -0.2) is 4.79 Å². The quantitative estimate of drug-likeness (QED) is 0.493. The summed E-state index contributed by atoms with van der Waals surface area (Å²) in [5.41, 5.74) is 3.20. The molecule has 0 bridgehead atoms. The van der Waals surface area contributed by atoms with E-state index in [0.29, 0.717) is 0 Å². The van der Waals surface area contributed by atoms with Crippen LogP contribution in [0.4, 0.5) is 0 Å². The van der Waals surface area contributed by atoms with Crippen molar-refractivity contribution in [2.75, 3.05) is 6.61 Å². The summed E-state index contributed by atoms with van der Waals surface area (Å²) in [7, 11) is 0. The van der Waals surface area contributed by atoms with E-state index in [9.17, 15) is 4.79 Å². The monoisotopic (exact) mass is 246 g/mol. The molecule has 4 nitrogen and oxygen atoms in total. The Morgan fingerprint density at radius 2 is 2.17 bits per heavy atom. The second-order valence-electron chi connectivity index (χ2n) is 3.80. The van der Waals surface area contributed by atoms with Gasteiger partial charge in [0, 0.05) is 11.9 Å². The minimum atomic E-state index is -0.574. The standard InChI is InChI=1S/C14H18N2O2/c1-4-10-9-16-13(12(10)5-2)7-11(8-15)14(17)18-6-3/h7,9,16H,4-6H2,1-3H3/b11-7+. The lowest BCUT2D eigenvalue weighted by Crippen LogP contribution is -2.06. The van der Waals surface area contributed by atoms with Gasteiger partial charge < -0.3 is 9.72 Å². The van der Waals surface area contributed by atoms with E-state index in [4.69, 9.17) is 10.00 Å². The van der Waals surface area contributed by atoms with Gasteiger partial charge in [-0.3, -0.25) is 0 Å². The predicted octanol–water partition coefficient (Wildman–Crippen LogP) is 2.61. The van der Waals surface area contributed by atoms with E-state index in [1.807, 2.05) is 12.3 Å². The molecule has 1 rings (SSSR count). The number of hydrogen-bond acceptors (Lipinski definition) is 3. The molecule has 0 saturated heterocycles. The third kappa shape index (κ3) is 3.01. The van der Waals surface area contributed by atoms with Gasteiger partial charge in [-0.2, -0.15) is 5.26 Å². The van der Waals surface area contributed by atoms with Gasteiger partial charge in [0.05, 0.1) is 6.61 Å². The number of nitrogens with one attached hydrogen (secondary N) is 1. The van der Waals surface area contributed by atoms with Crippen LogP contribution in [0.5, 0.6) is 0 Å². The number of nitriles is 1. The van der Waals surface area contributed by atoms with Crippen molar-refractivity contribution in [1.29, 1.82) is 5.26 Å². The van der Waals surface area contributed by atoms with Crippen molar-refractivity contribution in [3.05, 3.63) is 28.6 Å². The van der Waals surface area contributed by atoms with Crippen LogP contribution in [0, 0.1) is 11.3 Å². The Morgan fingerprint density at radius 3 is 2.67 bits per heavy atom. The second-order valence-corrected chi connectivity index (χ2v) is 3.80. The highest BCUT2D eigenvalue weighted by Crippen LogP contribution is 2.18. The Hall–Kier alpha value is -2.02. The number of nitrogens with zero attached hydrogens (tertiary/aromatic N) is 1. The number of rotatable bonds is 5. The van der Waals surface area contributed by atoms with Gasteiger partial charge in [0.2, 0.25) is 0 Å². The summed E-state index contributed by atoms with van der Waals surface area (Å²) < 4.78 is 4.83. The highest BCUT2D eigenvalue weighted by atomic mass is 16.5. The summed E-state index contributed by atoms with van der Waals surface area (Å²) in [6, 6.07) is 1.88. The van der Waals surface area contributed by atoms with E-state index in [0.717, 1.165) is 24.1 Å². The van der Waals surface area contributed by atoms with Crippen LogP contribution < -0.4 is 0 Å². The molecule has 0 aliphatic carbocycles. The number of carbonyl (C=O) groups is 1. The molecular weight excluding hydrogens is 228 g/mol. The zero-order valence-corrected chi connectivity index (χ0v) is 11.0. The van der Waals surface area contributed by atoms with Crippen LogP contribution in [0.25, 0.3) is 6.08 Å². The summed E-state index contributed by atoms with van der Waals surface area (Å²) in [4.78, 5) is 14.6. The zero-order chi connectivity index (χ0) is 13.5. The van der Waals surface area contributed by atoms with Crippen LogP contribution in [-0.2, 0) is 22.4 Å². The number of aromatic nitrogens is 1. The molecule has 0 fully saturated rings. The predicted molar refractivity (Wildman–Crippen MR) is 69.8 cm³/mol. The van der Waals surface area contributed by atoms with E-state index < -0.39 is 5.97 Å². The molecule has 4 heteroatoms. The van der Waals surface area contributed by atoms with Gasteiger partial charge in [-0.15, -0.1) is 0 Å². The van der Waals surface area contributed by atoms with E-state index in [-0.39, 0.29) is 12.2 Å². The Morgan fingerprint density at radius 1 is 1.44 bits per heavy atom. The van der Waals surface area contributed by atoms with Crippen molar-refractivity contribution >= 4 is 12.0 Å². The van der Waals surface area contributed by atoms with Crippen LogP contribution in [-0.4, -0.2) is 17.6 Å². The maximum absolute atomic E-state index is 11.5. The Kier molecular flexibility index (Phi) is 5.19. The number of aromatic amines is 1. The van der Waals surface area contributed by atoms with Gasteiger partial charge in [0.1, 0.15) is 11.6 Å². The number of H-pyrrole nitrogens is 1. The topological polar surface area (TPSA) is 65.9 Å². The number of hydrogen-bond donors (Lipinski definition) is 1. The van der Waals surface area contributed by atoms with Crippen molar-refractivity contribution in [1.82, 2.24) is 4.98 Å². The van der Waals surface area contributed by atoms with Crippen molar-refractivity contribution in [2.45, 2.75) is 33.6 Å². The number of aryl methyl sites for hydroxylation is 1. The molecule has 0 aliphatic rings. The highest BCUT2D eigenvalue weighted by Gasteiger charge is 2.13. The van der Waals surface area contributed by atoms with E-state index in [1.54, 1.807) is 13.0 Å². The van der Waals surface area contributed by atoms with E-state index >= 15 is 0 Å². The molecule has 1 heterocycles. The fraction of sp³-hybridized carbons (Fsp3) is 0.429. The van der Waals surface area contributed by atoms with Crippen LogP contribution in [0.3, 0.4) is 0 Å². The van der Waals surface area contributed by atoms with Gasteiger partial charge in [0.15, 0.2) is 0 Å². The average molecular weight is 246 g/mol. The van der Waals surface area contributed by atoms with Crippen molar-refractivity contribution in [2.24, 2.45) is 0 Å². The largest absolute Gasteiger partial charge is 0.462 e. The summed E-state index contributed by atoms with van der Waals surface area (Å²) in [5, 5.41) is 8.98. The fourth-order valence-corrected chi connectivity index (χ4v) is 1.86. The summed E-state index contributed by atoms with van der Waals surface area (Å²) in [6.07, 6.45) is 5.27. The highest BCUT2D eigenvalue weighted by molar-refractivity contribution is 5.97. The maximum atomic E-state index is 11.5. The zero-order valence-electron chi connectivity index (χ0n) is 11.0. The van der Waals surface area contributed by atoms with Crippen molar-refractivity contribution in [3.8, 4) is 6.07 Å². The van der Waals surface area contributed by atoms with Crippen LogP contribution >= 0.6 is 0 Å². The minimum absolute atomic E-state index is 0.0241. The average Bonchev–Trinajstić information content (AvgIpc) is 2.77. The molecule has 0 atom stereocenters. The summed E-state index contributed by atoms with van der Waals surface area (Å²) >= 11 is 0. The van der Waals surface area contributed by atoms with Gasteiger partial charge >= 0.3 is 5.97 Å². The van der Waals surface area contributed by atoms with Gasteiger partial charge in [-0.05, 0) is 37.0 Å². The summed E-state index contributed by atoms with van der Waals surface area (Å²) in [5.74, 6) is -0.574. The first-order valence-corrected chi connectivity index (χ1v) is 6.15. The lowest BCUT2D eigenvalue weighted by molar-refractivity contribution is -0.137. The molecular formula is C14H18N2O2. The van der Waals surface area contributed by atoms with Crippen LogP contribution in [0.2, 0.25) is 0 Å². The number of esters is 1. The smallest absolute Gasteiger partial charge is 0.348 e. The third-order valence-electron chi connectivity index (χ3n) is 2.75. The van der Waals surface area contributed by atoms with Crippen LogP contribution in [0.1, 0.15) is 37.6 Å². The molecule has 0 aromatic carbocycles. The first kappa shape index (κ1) is 14.0. The Bertz CT molecular complexity index is 492. The molecule has 1 aromatic heterocycles. The van der Waals surface area contributed by atoms with Crippen molar-refractivity contribution in [3.63, 3.8) is 0 Å². The molecule has 18 heavy (non-hydrogen) atoms. The molecule has 1 N–H and O–H groups in total. The lowest BCUT2D eigenvalue weighted by Gasteiger charge is -2.01. The van der Waals surface area contributed by atoms with Gasteiger partial charge in [0.25, 0.3) is 0 Å². The molecule has 0 radical (unpaired) electrons. The number of carbonyl (C=O) groups excluding carboxylic acids is 1. The third-order valence-corrected chi connectivity index (χ3v) is 2.75. The molecule has 0 amide bonds. The molecule has 1 aromatic rings. The normalized spacial score (nSPS) is 11.1. The SMILES string of the molecule is CCOC(=O)/C(C#N)=C/c1[nH]cc(CC)c1CC. The fourth-order valence-electron chi connectivity index (χ4n) is 1.86. The lowest BCUT2D eigenvalue weighted by atomic mass is 10.0.